The topological polar surface area (TPSA) is 90.7 Å². The molecule has 1 aliphatic rings. The molecule has 1 saturated heterocycles. The maximum absolute atomic E-state index is 13.7. The van der Waals surface area contributed by atoms with Crippen molar-refractivity contribution >= 4 is 11.6 Å². The van der Waals surface area contributed by atoms with E-state index in [1.165, 1.54) is 16.9 Å². The minimum atomic E-state index is -4.56. The number of alkyl halides is 3. The second-order valence-corrected chi connectivity index (χ2v) is 7.29. The molecule has 0 unspecified atom stereocenters. The Kier molecular flexibility index (Phi) is 8.64. The fraction of sp³-hybridized carbons (Fsp3) is 0.571. The van der Waals surface area contributed by atoms with Crippen LogP contribution in [0.1, 0.15) is 35.5 Å². The number of amides is 1. The number of carbonyl (C=O) groups is 1. The average molecular weight is 471 g/mol. The maximum Gasteiger partial charge on any atom is 0.416 e. The van der Waals surface area contributed by atoms with E-state index >= 15 is 0 Å². The van der Waals surface area contributed by atoms with Crippen LogP contribution in [0.3, 0.4) is 0 Å². The van der Waals surface area contributed by atoms with Gasteiger partial charge in [0, 0.05) is 38.5 Å². The summed E-state index contributed by atoms with van der Waals surface area (Å²) in [5, 5.41) is 10.2. The number of halogens is 3. The Labute approximate surface area is 189 Å². The van der Waals surface area contributed by atoms with Crippen LogP contribution in [-0.4, -0.2) is 66.7 Å². The molecule has 0 spiro atoms. The number of hydrogen-bond donors (Lipinski definition) is 1. The number of nitrogens with one attached hydrogen (secondary N) is 1. The van der Waals surface area contributed by atoms with Crippen molar-refractivity contribution in [3.8, 4) is 0 Å². The molecule has 0 atom stereocenters. The van der Waals surface area contributed by atoms with E-state index in [-0.39, 0.29) is 24.3 Å². The zero-order valence-electron chi connectivity index (χ0n) is 18.6. The summed E-state index contributed by atoms with van der Waals surface area (Å²) in [6.07, 6.45) is -3.71. The molecule has 1 N–H and O–H groups in total. The Balaban J connectivity index is 1.66. The van der Waals surface area contributed by atoms with Crippen LogP contribution >= 0.6 is 0 Å². The van der Waals surface area contributed by atoms with Crippen LogP contribution in [0, 0.1) is 0 Å². The summed E-state index contributed by atoms with van der Waals surface area (Å²) in [5.74, 6) is -0.629. The van der Waals surface area contributed by atoms with Crippen LogP contribution in [0.2, 0.25) is 0 Å². The molecule has 1 aromatic heterocycles. The molecule has 33 heavy (non-hydrogen) atoms. The summed E-state index contributed by atoms with van der Waals surface area (Å²) in [4.78, 5) is 14.3. The van der Waals surface area contributed by atoms with Gasteiger partial charge in [-0.3, -0.25) is 4.79 Å². The first-order valence-corrected chi connectivity index (χ1v) is 10.8. The molecular formula is C21H28F3N5O4. The quantitative estimate of drug-likeness (QED) is 0.533. The number of aromatic nitrogens is 3. The Hall–Kier alpha value is -2.70. The molecule has 1 amide bonds. The predicted molar refractivity (Wildman–Crippen MR) is 113 cm³/mol. The van der Waals surface area contributed by atoms with Crippen molar-refractivity contribution < 1.29 is 32.2 Å². The molecule has 2 heterocycles. The number of ether oxygens (including phenoxy) is 3. The molecule has 0 radical (unpaired) electrons. The largest absolute Gasteiger partial charge is 0.416 e. The molecular weight excluding hydrogens is 443 g/mol. The Bertz CT molecular complexity index is 910. The highest BCUT2D eigenvalue weighted by atomic mass is 19.4. The van der Waals surface area contributed by atoms with Crippen LogP contribution < -0.4 is 10.2 Å². The van der Waals surface area contributed by atoms with Crippen LogP contribution in [0.15, 0.2) is 24.4 Å². The lowest BCUT2D eigenvalue weighted by Gasteiger charge is -2.29. The number of hydrogen-bond acceptors (Lipinski definition) is 7. The van der Waals surface area contributed by atoms with E-state index in [9.17, 15) is 18.0 Å². The zero-order valence-corrected chi connectivity index (χ0v) is 18.6. The van der Waals surface area contributed by atoms with Crippen molar-refractivity contribution in [3.05, 3.63) is 41.2 Å². The lowest BCUT2D eigenvalue weighted by atomic mass is 10.0. The van der Waals surface area contributed by atoms with Gasteiger partial charge in [0.15, 0.2) is 12.0 Å². The molecule has 1 fully saturated rings. The smallest absolute Gasteiger partial charge is 0.378 e. The molecule has 9 nitrogen and oxygen atoms in total. The van der Waals surface area contributed by atoms with E-state index < -0.39 is 23.9 Å². The van der Waals surface area contributed by atoms with Gasteiger partial charge in [0.1, 0.15) is 0 Å². The van der Waals surface area contributed by atoms with Crippen molar-refractivity contribution in [3.63, 3.8) is 0 Å². The van der Waals surface area contributed by atoms with Gasteiger partial charge < -0.3 is 24.4 Å². The van der Waals surface area contributed by atoms with Gasteiger partial charge in [-0.25, -0.2) is 4.68 Å². The minimum Gasteiger partial charge on any atom is -0.378 e. The lowest BCUT2D eigenvalue weighted by Crippen LogP contribution is -2.36. The summed E-state index contributed by atoms with van der Waals surface area (Å²) in [7, 11) is 0. The van der Waals surface area contributed by atoms with Gasteiger partial charge in [0.25, 0.3) is 5.91 Å². The molecule has 12 heteroatoms. The molecule has 3 rings (SSSR count). The predicted octanol–water partition coefficient (Wildman–Crippen LogP) is 2.46. The normalized spacial score (nSPS) is 14.7. The van der Waals surface area contributed by atoms with Crippen LogP contribution in [0.5, 0.6) is 0 Å². The number of nitrogens with zero attached hydrogens (tertiary/aromatic N) is 4. The fourth-order valence-electron chi connectivity index (χ4n) is 3.44. The van der Waals surface area contributed by atoms with E-state index in [2.05, 4.69) is 15.6 Å². The van der Waals surface area contributed by atoms with Crippen molar-refractivity contribution in [1.82, 2.24) is 20.3 Å². The van der Waals surface area contributed by atoms with Gasteiger partial charge in [-0.1, -0.05) is 11.3 Å². The average Bonchev–Trinajstić information content (AvgIpc) is 3.26. The van der Waals surface area contributed by atoms with Crippen LogP contribution in [-0.2, 0) is 33.5 Å². The third-order valence-corrected chi connectivity index (χ3v) is 5.03. The second-order valence-electron chi connectivity index (χ2n) is 7.29. The first kappa shape index (κ1) is 24.9. The van der Waals surface area contributed by atoms with E-state index in [1.807, 2.05) is 18.7 Å². The van der Waals surface area contributed by atoms with E-state index in [4.69, 9.17) is 14.2 Å². The molecule has 2 aromatic rings. The number of rotatable bonds is 10. The van der Waals surface area contributed by atoms with Gasteiger partial charge in [-0.05, 0) is 31.5 Å². The fourth-order valence-corrected chi connectivity index (χ4v) is 3.44. The van der Waals surface area contributed by atoms with E-state index in [0.717, 1.165) is 6.07 Å². The monoisotopic (exact) mass is 471 g/mol. The highest BCUT2D eigenvalue weighted by Gasteiger charge is 2.34. The van der Waals surface area contributed by atoms with Crippen molar-refractivity contribution in [1.29, 1.82) is 0 Å². The molecule has 0 saturated carbocycles. The summed E-state index contributed by atoms with van der Waals surface area (Å²) in [6, 6.07) is 4.13. The van der Waals surface area contributed by atoms with Gasteiger partial charge in [0.2, 0.25) is 0 Å². The van der Waals surface area contributed by atoms with Crippen LogP contribution in [0.25, 0.3) is 0 Å². The van der Waals surface area contributed by atoms with Crippen molar-refractivity contribution in [2.75, 3.05) is 44.4 Å². The molecule has 0 aliphatic carbocycles. The minimum absolute atomic E-state index is 0.0137. The van der Waals surface area contributed by atoms with Crippen molar-refractivity contribution in [2.24, 2.45) is 0 Å². The summed E-state index contributed by atoms with van der Waals surface area (Å²) < 4.78 is 58.6. The standard InChI is InChI=1S/C21H28F3N5O4/c1-3-32-19(33-4-2)14-29-13-18(26-27-29)20(30)25-12-15-5-6-16(11-17(15)21(22,23)24)28-7-9-31-10-8-28/h5-6,11,13,19H,3-4,7-10,12,14H2,1-2H3,(H,25,30). The zero-order chi connectivity index (χ0) is 23.8. The summed E-state index contributed by atoms with van der Waals surface area (Å²) >= 11 is 0. The van der Waals surface area contributed by atoms with Crippen molar-refractivity contribution in [2.45, 2.75) is 39.4 Å². The molecule has 1 aliphatic heterocycles. The van der Waals surface area contributed by atoms with E-state index in [0.29, 0.717) is 45.2 Å². The van der Waals surface area contributed by atoms with Gasteiger partial charge in [-0.15, -0.1) is 5.10 Å². The highest BCUT2D eigenvalue weighted by molar-refractivity contribution is 5.91. The van der Waals surface area contributed by atoms with E-state index in [1.54, 1.807) is 6.07 Å². The van der Waals surface area contributed by atoms with Gasteiger partial charge in [0.05, 0.1) is 31.5 Å². The Morgan fingerprint density at radius 1 is 1.21 bits per heavy atom. The Morgan fingerprint density at radius 3 is 2.55 bits per heavy atom. The summed E-state index contributed by atoms with van der Waals surface area (Å²) in [5.41, 5.74) is -0.359. The second kappa shape index (κ2) is 11.4. The van der Waals surface area contributed by atoms with Gasteiger partial charge >= 0.3 is 6.18 Å². The maximum atomic E-state index is 13.7. The molecule has 0 bridgehead atoms. The first-order valence-electron chi connectivity index (χ1n) is 10.8. The van der Waals surface area contributed by atoms with Gasteiger partial charge in [-0.2, -0.15) is 13.2 Å². The number of carbonyl (C=O) groups excluding carboxylic acids is 1. The van der Waals surface area contributed by atoms with Crippen LogP contribution in [0.4, 0.5) is 18.9 Å². The number of benzene rings is 1. The molecule has 182 valence electrons. The first-order chi connectivity index (χ1) is 15.8. The number of morpholine rings is 1. The Morgan fingerprint density at radius 2 is 1.91 bits per heavy atom. The SMILES string of the molecule is CCOC(Cn1cc(C(=O)NCc2ccc(N3CCOCC3)cc2C(F)(F)F)nn1)OCC. The number of anilines is 1. The lowest BCUT2D eigenvalue weighted by molar-refractivity contribution is -0.145. The third-order valence-electron chi connectivity index (χ3n) is 5.03. The third kappa shape index (κ3) is 6.89. The summed E-state index contributed by atoms with van der Waals surface area (Å²) in [6.45, 7) is 6.45. The highest BCUT2D eigenvalue weighted by Crippen LogP contribution is 2.35. The molecule has 1 aromatic carbocycles.